The lowest BCUT2D eigenvalue weighted by atomic mass is 10.2. The second-order valence-electron chi connectivity index (χ2n) is 4.79. The average molecular weight is 324 g/mol. The number of nitrogens with zero attached hydrogens (tertiary/aromatic N) is 2. The number of thiophene rings is 1. The Morgan fingerprint density at radius 3 is 2.86 bits per heavy atom. The van der Waals surface area contributed by atoms with Crippen LogP contribution in [0.1, 0.15) is 43.1 Å². The predicted octanol–water partition coefficient (Wildman–Crippen LogP) is 2.06. The van der Waals surface area contributed by atoms with Crippen LogP contribution in [0.15, 0.2) is 16.5 Å². The largest absolute Gasteiger partial charge is 0.480 e. The van der Waals surface area contributed by atoms with E-state index in [9.17, 15) is 14.4 Å². The van der Waals surface area contributed by atoms with Crippen LogP contribution in [0.2, 0.25) is 0 Å². The van der Waals surface area contributed by atoms with Crippen molar-refractivity contribution in [2.24, 2.45) is 0 Å². The van der Waals surface area contributed by atoms with Gasteiger partial charge in [0.15, 0.2) is 0 Å². The normalized spacial score (nSPS) is 12.3. The standard InChI is InChI=1S/C14H16N2O5S/c1-3-4-5-21-14(20)9-6-22-11-10(9)12(17)16(7-15-11)8(2)13(18)19/h6-8H,3-5H2,1-2H3,(H,18,19). The maximum Gasteiger partial charge on any atom is 0.339 e. The van der Waals surface area contributed by atoms with Crippen LogP contribution in [0.25, 0.3) is 10.2 Å². The van der Waals surface area contributed by atoms with Crippen LogP contribution < -0.4 is 5.56 Å². The summed E-state index contributed by atoms with van der Waals surface area (Å²) in [6, 6.07) is -1.06. The maximum absolute atomic E-state index is 12.4. The first-order chi connectivity index (χ1) is 10.5. The van der Waals surface area contributed by atoms with Crippen molar-refractivity contribution in [1.82, 2.24) is 9.55 Å². The fourth-order valence-electron chi connectivity index (χ4n) is 1.88. The van der Waals surface area contributed by atoms with Crippen molar-refractivity contribution in [2.45, 2.75) is 32.7 Å². The number of carbonyl (C=O) groups excluding carboxylic acids is 1. The van der Waals surface area contributed by atoms with Gasteiger partial charge in [0.1, 0.15) is 10.9 Å². The molecule has 1 unspecified atom stereocenters. The number of aromatic nitrogens is 2. The molecule has 8 heteroatoms. The minimum Gasteiger partial charge on any atom is -0.480 e. The van der Waals surface area contributed by atoms with E-state index in [1.807, 2.05) is 6.92 Å². The summed E-state index contributed by atoms with van der Waals surface area (Å²) < 4.78 is 6.11. The Bertz CT molecular complexity index is 764. The Hall–Kier alpha value is -2.22. The minimum atomic E-state index is -1.15. The zero-order valence-electron chi connectivity index (χ0n) is 12.2. The van der Waals surface area contributed by atoms with E-state index in [1.165, 1.54) is 18.6 Å². The highest BCUT2D eigenvalue weighted by atomic mass is 32.1. The summed E-state index contributed by atoms with van der Waals surface area (Å²) in [5.41, 5.74) is -0.413. The number of fused-ring (bicyclic) bond motifs is 1. The molecule has 2 aromatic heterocycles. The summed E-state index contributed by atoms with van der Waals surface area (Å²) in [6.07, 6.45) is 2.82. The molecule has 1 atom stereocenters. The van der Waals surface area contributed by atoms with Gasteiger partial charge in [0, 0.05) is 5.38 Å². The first-order valence-electron chi connectivity index (χ1n) is 6.85. The van der Waals surface area contributed by atoms with Gasteiger partial charge in [0.2, 0.25) is 0 Å². The highest BCUT2D eigenvalue weighted by molar-refractivity contribution is 7.17. The molecule has 0 bridgehead atoms. The highest BCUT2D eigenvalue weighted by Gasteiger charge is 2.22. The van der Waals surface area contributed by atoms with Crippen LogP contribution in [0.3, 0.4) is 0 Å². The number of hydrogen-bond donors (Lipinski definition) is 1. The van der Waals surface area contributed by atoms with Crippen molar-refractivity contribution in [1.29, 1.82) is 0 Å². The number of unbranched alkanes of at least 4 members (excludes halogenated alkanes) is 1. The summed E-state index contributed by atoms with van der Waals surface area (Å²) in [6.45, 7) is 3.64. The molecule has 0 fully saturated rings. The van der Waals surface area contributed by atoms with Crippen LogP contribution in [-0.2, 0) is 9.53 Å². The molecule has 0 aromatic carbocycles. The van der Waals surface area contributed by atoms with Crippen molar-refractivity contribution in [3.8, 4) is 0 Å². The van der Waals surface area contributed by atoms with E-state index in [-0.39, 0.29) is 17.6 Å². The molecule has 118 valence electrons. The third-order valence-corrected chi connectivity index (χ3v) is 4.13. The summed E-state index contributed by atoms with van der Waals surface area (Å²) in [4.78, 5) is 40.0. The predicted molar refractivity (Wildman–Crippen MR) is 81.4 cm³/mol. The summed E-state index contributed by atoms with van der Waals surface area (Å²) in [5, 5.41) is 10.7. The van der Waals surface area contributed by atoms with Crippen molar-refractivity contribution in [2.75, 3.05) is 6.61 Å². The number of esters is 1. The van der Waals surface area contributed by atoms with Gasteiger partial charge < -0.3 is 9.84 Å². The molecule has 7 nitrogen and oxygen atoms in total. The van der Waals surface area contributed by atoms with Gasteiger partial charge in [-0.25, -0.2) is 14.6 Å². The van der Waals surface area contributed by atoms with Gasteiger partial charge in [0.25, 0.3) is 5.56 Å². The summed E-state index contributed by atoms with van der Waals surface area (Å²) >= 11 is 1.15. The number of aliphatic carboxylic acids is 1. The van der Waals surface area contributed by atoms with Crippen LogP contribution in [0.5, 0.6) is 0 Å². The van der Waals surface area contributed by atoms with Gasteiger partial charge in [-0.3, -0.25) is 9.36 Å². The van der Waals surface area contributed by atoms with Gasteiger partial charge >= 0.3 is 11.9 Å². The first-order valence-corrected chi connectivity index (χ1v) is 7.73. The summed E-state index contributed by atoms with van der Waals surface area (Å²) in [7, 11) is 0. The van der Waals surface area contributed by atoms with Gasteiger partial charge in [0.05, 0.1) is 23.9 Å². The van der Waals surface area contributed by atoms with Crippen molar-refractivity contribution in [3.05, 3.63) is 27.6 Å². The Kier molecular flexibility index (Phi) is 4.92. The van der Waals surface area contributed by atoms with Gasteiger partial charge in [-0.05, 0) is 13.3 Å². The van der Waals surface area contributed by atoms with Crippen molar-refractivity contribution >= 4 is 33.5 Å². The van der Waals surface area contributed by atoms with E-state index in [1.54, 1.807) is 0 Å². The number of carboxylic acid groups (broad SMARTS) is 1. The van der Waals surface area contributed by atoms with Crippen LogP contribution in [0, 0.1) is 0 Å². The molecule has 0 saturated carbocycles. The minimum absolute atomic E-state index is 0.113. The lowest BCUT2D eigenvalue weighted by Gasteiger charge is -2.10. The zero-order valence-corrected chi connectivity index (χ0v) is 13.1. The molecule has 0 radical (unpaired) electrons. The smallest absolute Gasteiger partial charge is 0.339 e. The Morgan fingerprint density at radius 1 is 1.50 bits per heavy atom. The molecule has 0 aliphatic heterocycles. The fourth-order valence-corrected chi connectivity index (χ4v) is 2.74. The second kappa shape index (κ2) is 6.69. The average Bonchev–Trinajstić information content (AvgIpc) is 2.92. The molecular weight excluding hydrogens is 308 g/mol. The second-order valence-corrected chi connectivity index (χ2v) is 5.65. The van der Waals surface area contributed by atoms with Crippen LogP contribution in [-0.4, -0.2) is 33.2 Å². The lowest BCUT2D eigenvalue weighted by molar-refractivity contribution is -0.140. The van der Waals surface area contributed by atoms with Crippen molar-refractivity contribution < 1.29 is 19.4 Å². The van der Waals surface area contributed by atoms with Gasteiger partial charge in [-0.15, -0.1) is 11.3 Å². The molecule has 0 spiro atoms. The van der Waals surface area contributed by atoms with Gasteiger partial charge in [-0.1, -0.05) is 13.3 Å². The quantitative estimate of drug-likeness (QED) is 0.645. The van der Waals surface area contributed by atoms with Crippen LogP contribution in [0.4, 0.5) is 0 Å². The number of carboxylic acids is 1. The zero-order chi connectivity index (χ0) is 16.3. The van der Waals surface area contributed by atoms with E-state index >= 15 is 0 Å². The highest BCUT2D eigenvalue weighted by Crippen LogP contribution is 2.22. The topological polar surface area (TPSA) is 98.5 Å². The number of ether oxygens (including phenoxy) is 1. The van der Waals surface area contributed by atoms with E-state index in [0.717, 1.165) is 28.7 Å². The summed E-state index contributed by atoms with van der Waals surface area (Å²) in [5.74, 6) is -1.73. The van der Waals surface area contributed by atoms with E-state index in [0.29, 0.717) is 4.83 Å². The molecule has 22 heavy (non-hydrogen) atoms. The maximum atomic E-state index is 12.4. The molecule has 2 heterocycles. The Labute approximate surface area is 130 Å². The Morgan fingerprint density at radius 2 is 2.23 bits per heavy atom. The Balaban J connectivity index is 2.45. The van der Waals surface area contributed by atoms with E-state index in [2.05, 4.69) is 4.98 Å². The monoisotopic (exact) mass is 324 g/mol. The molecular formula is C14H16N2O5S. The lowest BCUT2D eigenvalue weighted by Crippen LogP contribution is -2.28. The molecule has 0 aliphatic rings. The molecule has 2 rings (SSSR count). The fraction of sp³-hybridized carbons (Fsp3) is 0.429. The number of hydrogen-bond acceptors (Lipinski definition) is 6. The molecule has 1 N–H and O–H groups in total. The van der Waals surface area contributed by atoms with Crippen molar-refractivity contribution in [3.63, 3.8) is 0 Å². The number of rotatable bonds is 6. The molecule has 0 amide bonds. The molecule has 0 saturated heterocycles. The van der Waals surface area contributed by atoms with E-state index < -0.39 is 23.5 Å². The first kappa shape index (κ1) is 16.2. The van der Waals surface area contributed by atoms with E-state index in [4.69, 9.17) is 9.84 Å². The SMILES string of the molecule is CCCCOC(=O)c1csc2ncn(C(C)C(=O)O)c(=O)c12. The number of carbonyl (C=O) groups is 2. The van der Waals surface area contributed by atoms with Crippen LogP contribution >= 0.6 is 11.3 Å². The third-order valence-electron chi connectivity index (χ3n) is 3.24. The molecule has 0 aliphatic carbocycles. The third kappa shape index (κ3) is 3.01. The van der Waals surface area contributed by atoms with Gasteiger partial charge in [-0.2, -0.15) is 0 Å². The molecule has 2 aromatic rings.